The third-order valence-corrected chi connectivity index (χ3v) is 6.27. The Morgan fingerprint density at radius 2 is 1.84 bits per heavy atom. The minimum absolute atomic E-state index is 0.103. The van der Waals surface area contributed by atoms with Crippen LogP contribution in [-0.2, 0) is 24.2 Å². The van der Waals surface area contributed by atoms with Crippen molar-refractivity contribution in [1.82, 2.24) is 19.9 Å². The second kappa shape index (κ2) is 11.7. The van der Waals surface area contributed by atoms with Gasteiger partial charge in [0.25, 0.3) is 5.91 Å². The van der Waals surface area contributed by atoms with Crippen molar-refractivity contribution in [2.24, 2.45) is 0 Å². The highest BCUT2D eigenvalue weighted by molar-refractivity contribution is 5.99. The number of hydrogen-bond donors (Lipinski definition) is 3. The zero-order chi connectivity index (χ0) is 27.2. The molecule has 0 radical (unpaired) electrons. The minimum atomic E-state index is -1.14. The number of carbonyl (C=O) groups is 2. The molecule has 0 aliphatic heterocycles. The van der Waals surface area contributed by atoms with E-state index >= 15 is 0 Å². The Labute approximate surface area is 220 Å². The first-order valence-corrected chi connectivity index (χ1v) is 12.3. The molecule has 4 rings (SSSR count). The lowest BCUT2D eigenvalue weighted by Crippen LogP contribution is -2.42. The molecular weight excluding hydrogens is 485 g/mol. The molecule has 2 aromatic carbocycles. The monoisotopic (exact) mass is 515 g/mol. The van der Waals surface area contributed by atoms with Crippen LogP contribution in [0.5, 0.6) is 0 Å². The molecule has 1 unspecified atom stereocenters. The molecule has 9 heteroatoms. The molecule has 38 heavy (non-hydrogen) atoms. The third-order valence-electron chi connectivity index (χ3n) is 6.27. The van der Waals surface area contributed by atoms with E-state index in [0.717, 1.165) is 28.3 Å². The topological polar surface area (TPSA) is 109 Å². The second-order valence-electron chi connectivity index (χ2n) is 9.19. The highest BCUT2D eigenvalue weighted by Crippen LogP contribution is 2.19. The number of hydrogen-bond acceptors (Lipinski definition) is 5. The Kier molecular flexibility index (Phi) is 8.15. The maximum atomic E-state index is 13.8. The number of nitrogens with zero attached hydrogens (tertiary/aromatic N) is 3. The van der Waals surface area contributed by atoms with Crippen molar-refractivity contribution in [3.63, 3.8) is 0 Å². The number of carboxylic acid groups (broad SMARTS) is 1. The molecule has 0 bridgehead atoms. The quantitative estimate of drug-likeness (QED) is 0.284. The standard InChI is InChI=1S/C29H30FN5O3/c1-4-21-14-22(30)12-19(3)27(21)28(36)34-25(29(37)38)13-20-5-7-24(8-6-20)35-16-23(33-17-35)15-32-26-11-18(2)9-10-31-26/h5-12,14,16-17,25H,4,13,15H2,1-3H3,(H,31,32)(H,34,36)(H,37,38). The lowest BCUT2D eigenvalue weighted by atomic mass is 9.98. The van der Waals surface area contributed by atoms with Crippen LogP contribution in [0.2, 0.25) is 0 Å². The molecule has 1 amide bonds. The van der Waals surface area contributed by atoms with Gasteiger partial charge in [0.1, 0.15) is 17.7 Å². The summed E-state index contributed by atoms with van der Waals surface area (Å²) < 4.78 is 15.7. The third kappa shape index (κ3) is 6.42. The van der Waals surface area contributed by atoms with Gasteiger partial charge in [0.2, 0.25) is 0 Å². The van der Waals surface area contributed by atoms with Gasteiger partial charge < -0.3 is 20.3 Å². The van der Waals surface area contributed by atoms with Gasteiger partial charge in [-0.1, -0.05) is 19.1 Å². The Hall–Kier alpha value is -4.53. The zero-order valence-corrected chi connectivity index (χ0v) is 21.5. The highest BCUT2D eigenvalue weighted by atomic mass is 19.1. The number of amides is 1. The number of carbonyl (C=O) groups excluding carboxylic acids is 1. The Bertz CT molecular complexity index is 1450. The minimum Gasteiger partial charge on any atom is -0.480 e. The van der Waals surface area contributed by atoms with Crippen molar-refractivity contribution in [3.8, 4) is 5.69 Å². The van der Waals surface area contributed by atoms with Crippen LogP contribution < -0.4 is 10.6 Å². The SMILES string of the molecule is CCc1cc(F)cc(C)c1C(=O)NC(Cc1ccc(-n2cnc(CNc3cc(C)ccn3)c2)cc1)C(=O)O. The van der Waals surface area contributed by atoms with Gasteiger partial charge in [0.05, 0.1) is 18.6 Å². The average molecular weight is 516 g/mol. The fourth-order valence-corrected chi connectivity index (χ4v) is 4.30. The van der Waals surface area contributed by atoms with E-state index in [9.17, 15) is 19.1 Å². The van der Waals surface area contributed by atoms with Crippen LogP contribution >= 0.6 is 0 Å². The number of imidazole rings is 1. The number of aliphatic carboxylic acids is 1. The van der Waals surface area contributed by atoms with E-state index in [2.05, 4.69) is 20.6 Å². The number of aryl methyl sites for hydroxylation is 3. The van der Waals surface area contributed by atoms with Crippen molar-refractivity contribution in [3.05, 3.63) is 107 Å². The van der Waals surface area contributed by atoms with Gasteiger partial charge >= 0.3 is 5.97 Å². The van der Waals surface area contributed by atoms with Crippen LogP contribution in [0.1, 0.15) is 45.2 Å². The van der Waals surface area contributed by atoms with Crippen molar-refractivity contribution >= 4 is 17.7 Å². The van der Waals surface area contributed by atoms with Crippen LogP contribution in [0.4, 0.5) is 10.2 Å². The summed E-state index contributed by atoms with van der Waals surface area (Å²) in [7, 11) is 0. The number of aromatic nitrogens is 3. The molecule has 2 aromatic heterocycles. The van der Waals surface area contributed by atoms with Crippen molar-refractivity contribution in [2.75, 3.05) is 5.32 Å². The number of pyridine rings is 1. The summed E-state index contributed by atoms with van der Waals surface area (Å²) >= 11 is 0. The molecule has 2 heterocycles. The van der Waals surface area contributed by atoms with Crippen molar-refractivity contribution in [2.45, 2.75) is 46.2 Å². The molecular formula is C29H30FN5O3. The molecule has 0 saturated carbocycles. The normalized spacial score (nSPS) is 11.7. The van der Waals surface area contributed by atoms with Gasteiger partial charge in [-0.3, -0.25) is 4.79 Å². The van der Waals surface area contributed by atoms with Gasteiger partial charge in [-0.25, -0.2) is 19.2 Å². The number of anilines is 1. The molecule has 0 fully saturated rings. The van der Waals surface area contributed by atoms with Crippen LogP contribution in [0.15, 0.2) is 67.3 Å². The molecule has 8 nitrogen and oxygen atoms in total. The van der Waals surface area contributed by atoms with Gasteiger partial charge in [-0.05, 0) is 78.9 Å². The van der Waals surface area contributed by atoms with E-state index in [-0.39, 0.29) is 6.42 Å². The fraction of sp³-hybridized carbons (Fsp3) is 0.241. The summed E-state index contributed by atoms with van der Waals surface area (Å²) in [5.74, 6) is -1.31. The lowest BCUT2D eigenvalue weighted by Gasteiger charge is -2.18. The molecule has 3 N–H and O–H groups in total. The second-order valence-corrected chi connectivity index (χ2v) is 9.19. The molecule has 0 aliphatic carbocycles. The maximum Gasteiger partial charge on any atom is 0.326 e. The summed E-state index contributed by atoms with van der Waals surface area (Å²) in [6.07, 6.45) is 5.94. The molecule has 196 valence electrons. The lowest BCUT2D eigenvalue weighted by molar-refractivity contribution is -0.139. The molecule has 0 spiro atoms. The zero-order valence-electron chi connectivity index (χ0n) is 21.5. The first-order valence-electron chi connectivity index (χ1n) is 12.3. The first-order chi connectivity index (χ1) is 18.2. The Balaban J connectivity index is 1.41. The van der Waals surface area contributed by atoms with Gasteiger partial charge in [-0.2, -0.15) is 0 Å². The van der Waals surface area contributed by atoms with Crippen LogP contribution in [0.3, 0.4) is 0 Å². The summed E-state index contributed by atoms with van der Waals surface area (Å²) in [6.45, 7) is 5.99. The van der Waals surface area contributed by atoms with Crippen LogP contribution in [-0.4, -0.2) is 37.6 Å². The smallest absolute Gasteiger partial charge is 0.326 e. The van der Waals surface area contributed by atoms with E-state index in [4.69, 9.17) is 0 Å². The number of carboxylic acids is 1. The highest BCUT2D eigenvalue weighted by Gasteiger charge is 2.24. The van der Waals surface area contributed by atoms with E-state index < -0.39 is 23.7 Å². The summed E-state index contributed by atoms with van der Waals surface area (Å²) in [5, 5.41) is 15.6. The van der Waals surface area contributed by atoms with Crippen LogP contribution in [0, 0.1) is 19.7 Å². The first kappa shape index (κ1) is 26.5. The maximum absolute atomic E-state index is 13.8. The Morgan fingerprint density at radius 3 is 2.53 bits per heavy atom. The largest absolute Gasteiger partial charge is 0.480 e. The van der Waals surface area contributed by atoms with Gasteiger partial charge in [0.15, 0.2) is 0 Å². The molecule has 0 aliphatic rings. The number of halogens is 1. The van der Waals surface area contributed by atoms with E-state index in [1.54, 1.807) is 19.4 Å². The van der Waals surface area contributed by atoms with E-state index in [1.807, 2.05) is 61.0 Å². The van der Waals surface area contributed by atoms with Crippen LogP contribution in [0.25, 0.3) is 5.69 Å². The van der Waals surface area contributed by atoms with Gasteiger partial charge in [-0.15, -0.1) is 0 Å². The van der Waals surface area contributed by atoms with Gasteiger partial charge in [0, 0.05) is 30.1 Å². The predicted molar refractivity (Wildman–Crippen MR) is 143 cm³/mol. The molecule has 4 aromatic rings. The molecule has 1 atom stereocenters. The number of nitrogens with one attached hydrogen (secondary N) is 2. The predicted octanol–water partition coefficient (Wildman–Crippen LogP) is 4.62. The van der Waals surface area contributed by atoms with Crippen molar-refractivity contribution in [1.29, 1.82) is 0 Å². The average Bonchev–Trinajstić information content (AvgIpc) is 3.36. The summed E-state index contributed by atoms with van der Waals surface area (Å²) in [6, 6.07) is 12.7. The van der Waals surface area contributed by atoms with E-state index in [1.165, 1.54) is 12.1 Å². The summed E-state index contributed by atoms with van der Waals surface area (Å²) in [5.41, 5.74) is 4.91. The van der Waals surface area contributed by atoms with E-state index in [0.29, 0.717) is 29.7 Å². The summed E-state index contributed by atoms with van der Waals surface area (Å²) in [4.78, 5) is 33.6. The fourth-order valence-electron chi connectivity index (χ4n) is 4.30. The Morgan fingerprint density at radius 1 is 1.08 bits per heavy atom. The van der Waals surface area contributed by atoms with Crippen molar-refractivity contribution < 1.29 is 19.1 Å². The number of benzene rings is 2. The number of rotatable bonds is 10. The molecule has 0 saturated heterocycles.